The van der Waals surface area contributed by atoms with E-state index in [1.807, 2.05) is 48.4 Å². The van der Waals surface area contributed by atoms with E-state index >= 15 is 0 Å². The highest BCUT2D eigenvalue weighted by Crippen LogP contribution is 2.24. The molecule has 11 heteroatoms. The van der Waals surface area contributed by atoms with Crippen molar-refractivity contribution in [2.45, 2.75) is 19.9 Å². The van der Waals surface area contributed by atoms with E-state index in [4.69, 9.17) is 14.7 Å². The van der Waals surface area contributed by atoms with E-state index in [9.17, 15) is 8.78 Å². The molecule has 4 aromatic rings. The van der Waals surface area contributed by atoms with E-state index in [0.29, 0.717) is 31.3 Å². The van der Waals surface area contributed by atoms with Gasteiger partial charge in [0.25, 0.3) is 5.95 Å². The number of rotatable bonds is 10. The monoisotopic (exact) mass is 586 g/mol. The van der Waals surface area contributed by atoms with E-state index in [1.54, 1.807) is 11.8 Å². The second kappa shape index (κ2) is 12.8. The van der Waals surface area contributed by atoms with Crippen molar-refractivity contribution in [3.8, 4) is 11.7 Å². The fourth-order valence-electron chi connectivity index (χ4n) is 5.28. The molecule has 0 saturated carbocycles. The van der Waals surface area contributed by atoms with Gasteiger partial charge in [-0.2, -0.15) is 15.1 Å². The third-order valence-corrected chi connectivity index (χ3v) is 8.00. The highest BCUT2D eigenvalue weighted by Gasteiger charge is 2.20. The summed E-state index contributed by atoms with van der Waals surface area (Å²) in [7, 11) is 1.66. The zero-order valence-corrected chi connectivity index (χ0v) is 24.5. The van der Waals surface area contributed by atoms with Crippen LogP contribution in [0, 0.1) is 18.6 Å². The summed E-state index contributed by atoms with van der Waals surface area (Å²) in [5.41, 5.74) is 3.67. The predicted molar refractivity (Wildman–Crippen MR) is 165 cm³/mol. The van der Waals surface area contributed by atoms with Crippen molar-refractivity contribution in [1.82, 2.24) is 24.6 Å². The molecule has 9 nitrogen and oxygen atoms in total. The number of hydrogen-bond acceptors (Lipinski definition) is 8. The van der Waals surface area contributed by atoms with Gasteiger partial charge in [0.1, 0.15) is 29.0 Å². The summed E-state index contributed by atoms with van der Waals surface area (Å²) in [6, 6.07) is 13.7. The van der Waals surface area contributed by atoms with E-state index in [2.05, 4.69) is 32.4 Å². The highest BCUT2D eigenvalue weighted by molar-refractivity contribution is 5.55. The predicted octanol–water partition coefficient (Wildman–Crippen LogP) is 4.92. The minimum Gasteiger partial charge on any atom is -0.497 e. The molecule has 2 aliphatic rings. The summed E-state index contributed by atoms with van der Waals surface area (Å²) < 4.78 is 34.3. The number of anilines is 3. The van der Waals surface area contributed by atoms with Crippen molar-refractivity contribution in [1.29, 1.82) is 0 Å². The van der Waals surface area contributed by atoms with Crippen LogP contribution in [-0.2, 0) is 6.54 Å². The van der Waals surface area contributed by atoms with Crippen LogP contribution in [0.2, 0.25) is 0 Å². The molecule has 224 valence electrons. The smallest absolute Gasteiger partial charge is 0.254 e. The van der Waals surface area contributed by atoms with Crippen LogP contribution >= 0.6 is 0 Å². The SMILES string of the molecule is COc1ccc(CNc2cc(N3CCC3)nc(-n3ncc(/C=C/CN4CCN(c5cc(F)cc(F)c5)CC4)c3C)n2)cc1. The topological polar surface area (TPSA) is 74.6 Å². The van der Waals surface area contributed by atoms with Gasteiger partial charge in [0.05, 0.1) is 19.0 Å². The summed E-state index contributed by atoms with van der Waals surface area (Å²) in [5, 5.41) is 8.08. The van der Waals surface area contributed by atoms with Gasteiger partial charge in [-0.1, -0.05) is 24.3 Å². The fraction of sp³-hybridized carbons (Fsp3) is 0.344. The average molecular weight is 587 g/mol. The van der Waals surface area contributed by atoms with Gasteiger partial charge in [-0.3, -0.25) is 4.90 Å². The maximum atomic E-state index is 13.6. The van der Waals surface area contributed by atoms with Crippen LogP contribution in [0.25, 0.3) is 12.0 Å². The number of hydrogen-bond donors (Lipinski definition) is 1. The maximum Gasteiger partial charge on any atom is 0.254 e. The van der Waals surface area contributed by atoms with Crippen molar-refractivity contribution >= 4 is 23.4 Å². The van der Waals surface area contributed by atoms with Gasteiger partial charge >= 0.3 is 0 Å². The summed E-state index contributed by atoms with van der Waals surface area (Å²) in [6.07, 6.45) is 7.20. The van der Waals surface area contributed by atoms with E-state index in [0.717, 1.165) is 79.4 Å². The van der Waals surface area contributed by atoms with Gasteiger partial charge in [-0.25, -0.2) is 13.5 Å². The van der Waals surface area contributed by atoms with Crippen molar-refractivity contribution in [2.24, 2.45) is 0 Å². The molecular weight excluding hydrogens is 550 g/mol. The number of nitrogens with one attached hydrogen (secondary N) is 1. The summed E-state index contributed by atoms with van der Waals surface area (Å²) in [5.74, 6) is 1.90. The van der Waals surface area contributed by atoms with Gasteiger partial charge in [0.2, 0.25) is 0 Å². The van der Waals surface area contributed by atoms with Gasteiger partial charge in [-0.05, 0) is 43.2 Å². The van der Waals surface area contributed by atoms with Crippen LogP contribution in [0.15, 0.2) is 60.8 Å². The molecule has 43 heavy (non-hydrogen) atoms. The normalized spacial score (nSPS) is 15.6. The van der Waals surface area contributed by atoms with Gasteiger partial charge in [0, 0.05) is 75.7 Å². The molecule has 0 bridgehead atoms. The molecule has 0 aliphatic carbocycles. The van der Waals surface area contributed by atoms with E-state index in [-0.39, 0.29) is 0 Å². The van der Waals surface area contributed by atoms with Crippen LogP contribution < -0.4 is 19.9 Å². The first-order chi connectivity index (χ1) is 20.9. The molecule has 4 heterocycles. The number of ether oxygens (including phenoxy) is 1. The largest absolute Gasteiger partial charge is 0.497 e. The van der Waals surface area contributed by atoms with Crippen LogP contribution in [-0.4, -0.2) is 77.6 Å². The van der Waals surface area contributed by atoms with Crippen LogP contribution in [0.3, 0.4) is 0 Å². The minimum atomic E-state index is -0.546. The van der Waals surface area contributed by atoms with Crippen LogP contribution in [0.4, 0.5) is 26.1 Å². The lowest BCUT2D eigenvalue weighted by molar-refractivity contribution is 0.284. The molecule has 0 unspecified atom stereocenters. The maximum absolute atomic E-state index is 13.6. The zero-order chi connectivity index (χ0) is 29.8. The quantitative estimate of drug-likeness (QED) is 0.281. The molecule has 6 rings (SSSR count). The third-order valence-electron chi connectivity index (χ3n) is 8.00. The number of methoxy groups -OCH3 is 1. The first-order valence-corrected chi connectivity index (χ1v) is 14.6. The lowest BCUT2D eigenvalue weighted by Crippen LogP contribution is -2.46. The number of piperazine rings is 1. The number of halogens is 2. The Morgan fingerprint density at radius 3 is 2.33 bits per heavy atom. The van der Waals surface area contributed by atoms with Crippen LogP contribution in [0.1, 0.15) is 23.2 Å². The van der Waals surface area contributed by atoms with Gasteiger partial charge in [0.15, 0.2) is 0 Å². The second-order valence-electron chi connectivity index (χ2n) is 10.9. The van der Waals surface area contributed by atoms with Gasteiger partial charge in [-0.15, -0.1) is 0 Å². The Labute approximate surface area is 250 Å². The summed E-state index contributed by atoms with van der Waals surface area (Å²) in [4.78, 5) is 16.2. The molecule has 2 aromatic heterocycles. The Balaban J connectivity index is 1.10. The summed E-state index contributed by atoms with van der Waals surface area (Å²) in [6.45, 7) is 8.43. The molecule has 0 spiro atoms. The fourth-order valence-corrected chi connectivity index (χ4v) is 5.28. The third kappa shape index (κ3) is 6.77. The summed E-state index contributed by atoms with van der Waals surface area (Å²) >= 11 is 0. The standard InChI is InChI=1S/C32H36F2N8O/c1-23-25(5-3-10-39-13-15-40(16-14-39)28-18-26(33)17-27(34)19-28)22-36-42(23)32-37-30(20-31(38-32)41-11-4-12-41)35-21-24-6-8-29(43-2)9-7-24/h3,5-9,17-20,22H,4,10-16,21H2,1-2H3,(H,35,37,38)/b5-3+. The highest BCUT2D eigenvalue weighted by atomic mass is 19.1. The molecule has 2 saturated heterocycles. The molecule has 1 N–H and O–H groups in total. The van der Waals surface area contributed by atoms with E-state index < -0.39 is 11.6 Å². The zero-order valence-electron chi connectivity index (χ0n) is 24.5. The Morgan fingerprint density at radius 1 is 0.907 bits per heavy atom. The van der Waals surface area contributed by atoms with Crippen molar-refractivity contribution < 1.29 is 13.5 Å². The molecule has 2 aromatic carbocycles. The van der Waals surface area contributed by atoms with Crippen molar-refractivity contribution in [2.75, 3.05) is 68.0 Å². The van der Waals surface area contributed by atoms with Crippen LogP contribution in [0.5, 0.6) is 5.75 Å². The molecule has 0 radical (unpaired) electrons. The van der Waals surface area contributed by atoms with Crippen molar-refractivity contribution in [3.63, 3.8) is 0 Å². The van der Waals surface area contributed by atoms with Crippen molar-refractivity contribution in [3.05, 3.63) is 89.3 Å². The number of aromatic nitrogens is 4. The second-order valence-corrected chi connectivity index (χ2v) is 10.9. The Hall–Kier alpha value is -4.51. The number of nitrogens with zero attached hydrogens (tertiary/aromatic N) is 7. The molecular formula is C32H36F2N8O. The number of benzene rings is 2. The Bertz CT molecular complexity index is 1560. The molecule has 0 amide bonds. The molecule has 0 atom stereocenters. The van der Waals surface area contributed by atoms with E-state index in [1.165, 1.54) is 12.1 Å². The first-order valence-electron chi connectivity index (χ1n) is 14.6. The van der Waals surface area contributed by atoms with Gasteiger partial charge < -0.3 is 19.9 Å². The minimum absolute atomic E-state index is 0.531. The average Bonchev–Trinajstić information content (AvgIpc) is 3.35. The Morgan fingerprint density at radius 2 is 1.65 bits per heavy atom. The lowest BCUT2D eigenvalue weighted by atomic mass is 10.2. The molecule has 2 fully saturated rings. The molecule has 2 aliphatic heterocycles. The first kappa shape index (κ1) is 28.6. The Kier molecular flexibility index (Phi) is 8.50. The lowest BCUT2D eigenvalue weighted by Gasteiger charge is -2.35.